The van der Waals surface area contributed by atoms with Gasteiger partial charge in [-0.2, -0.15) is 0 Å². The lowest BCUT2D eigenvalue weighted by molar-refractivity contribution is 1.10. The predicted octanol–water partition coefficient (Wildman–Crippen LogP) is 2.38. The highest BCUT2D eigenvalue weighted by molar-refractivity contribution is 7.99. The zero-order valence-corrected chi connectivity index (χ0v) is 6.87. The number of hydrogen-bond acceptors (Lipinski definition) is 2. The average Bonchev–Trinajstić information content (AvgIpc) is 2.36. The van der Waals surface area contributed by atoms with Crippen LogP contribution in [0, 0.1) is 0 Å². The van der Waals surface area contributed by atoms with E-state index >= 15 is 0 Å². The Morgan fingerprint density at radius 1 is 1.60 bits per heavy atom. The lowest BCUT2D eigenvalue weighted by Crippen LogP contribution is -1.84. The Labute approximate surface area is 68.8 Å². The third kappa shape index (κ3) is 0.917. The zero-order chi connectivity index (χ0) is 6.97. The number of nitrogens with zero attached hydrogens (tertiary/aromatic N) is 1. The first kappa shape index (κ1) is 6.50. The summed E-state index contributed by atoms with van der Waals surface area (Å²) < 4.78 is 0. The van der Waals surface area contributed by atoms with Crippen molar-refractivity contribution in [3.05, 3.63) is 23.0 Å². The molecule has 0 atom stereocenters. The summed E-state index contributed by atoms with van der Waals surface area (Å²) in [5.74, 6) is 1.15. The monoisotopic (exact) mass is 171 g/mol. The van der Waals surface area contributed by atoms with Gasteiger partial charge in [-0.25, -0.2) is 4.98 Å². The van der Waals surface area contributed by atoms with E-state index in [1.165, 1.54) is 10.5 Å². The van der Waals surface area contributed by atoms with Gasteiger partial charge in [0.1, 0.15) is 5.15 Å². The largest absolute Gasteiger partial charge is 0.244 e. The van der Waals surface area contributed by atoms with Crippen LogP contribution >= 0.6 is 23.4 Å². The first-order valence-electron chi connectivity index (χ1n) is 3.14. The molecule has 0 spiro atoms. The summed E-state index contributed by atoms with van der Waals surface area (Å²) in [5, 5.41) is 0.683. The molecule has 0 fully saturated rings. The number of aromatic nitrogens is 1. The van der Waals surface area contributed by atoms with E-state index in [1.54, 1.807) is 6.20 Å². The van der Waals surface area contributed by atoms with E-state index in [0.29, 0.717) is 5.15 Å². The summed E-state index contributed by atoms with van der Waals surface area (Å²) in [6.07, 6.45) is 2.84. The molecule has 10 heavy (non-hydrogen) atoms. The standard InChI is InChI=1S/C7H6ClNS/c8-7-5-2-4-10-6(5)1-3-9-7/h1,3H,2,4H2. The maximum absolute atomic E-state index is 5.85. The average molecular weight is 172 g/mol. The molecule has 0 saturated carbocycles. The fraction of sp³-hybridized carbons (Fsp3) is 0.286. The molecule has 0 bridgehead atoms. The molecule has 1 aromatic rings. The van der Waals surface area contributed by atoms with Crippen molar-refractivity contribution in [2.45, 2.75) is 11.3 Å². The third-order valence-electron chi connectivity index (χ3n) is 1.57. The third-order valence-corrected chi connectivity index (χ3v) is 3.00. The number of pyridine rings is 1. The van der Waals surface area contributed by atoms with Crippen molar-refractivity contribution in [2.75, 3.05) is 5.75 Å². The molecule has 0 saturated heterocycles. The van der Waals surface area contributed by atoms with Gasteiger partial charge in [0, 0.05) is 22.4 Å². The van der Waals surface area contributed by atoms with Crippen LogP contribution in [0.1, 0.15) is 5.56 Å². The second kappa shape index (κ2) is 2.44. The Bertz CT molecular complexity index is 262. The minimum Gasteiger partial charge on any atom is -0.244 e. The summed E-state index contributed by atoms with van der Waals surface area (Å²) in [7, 11) is 0. The van der Waals surface area contributed by atoms with Gasteiger partial charge in [-0.05, 0) is 12.5 Å². The SMILES string of the molecule is Clc1nccc2c1CCS2. The van der Waals surface area contributed by atoms with E-state index in [1.807, 2.05) is 17.8 Å². The van der Waals surface area contributed by atoms with Crippen molar-refractivity contribution < 1.29 is 0 Å². The molecular weight excluding hydrogens is 166 g/mol. The van der Waals surface area contributed by atoms with E-state index < -0.39 is 0 Å². The first-order chi connectivity index (χ1) is 4.88. The Kier molecular flexibility index (Phi) is 1.58. The van der Waals surface area contributed by atoms with E-state index in [4.69, 9.17) is 11.6 Å². The topological polar surface area (TPSA) is 12.9 Å². The molecule has 0 aliphatic carbocycles. The zero-order valence-electron chi connectivity index (χ0n) is 5.30. The summed E-state index contributed by atoms with van der Waals surface area (Å²) in [4.78, 5) is 5.31. The summed E-state index contributed by atoms with van der Waals surface area (Å²) in [6.45, 7) is 0. The second-order valence-electron chi connectivity index (χ2n) is 2.18. The molecule has 2 rings (SSSR count). The minimum absolute atomic E-state index is 0.683. The number of halogens is 1. The van der Waals surface area contributed by atoms with E-state index in [-0.39, 0.29) is 0 Å². The van der Waals surface area contributed by atoms with Gasteiger partial charge in [0.25, 0.3) is 0 Å². The Morgan fingerprint density at radius 3 is 3.30 bits per heavy atom. The van der Waals surface area contributed by atoms with Crippen molar-refractivity contribution in [3.63, 3.8) is 0 Å². The molecule has 0 N–H and O–H groups in total. The molecule has 0 radical (unpaired) electrons. The summed E-state index contributed by atoms with van der Waals surface area (Å²) >= 11 is 7.70. The van der Waals surface area contributed by atoms with Crippen molar-refractivity contribution >= 4 is 23.4 Å². The summed E-state index contributed by atoms with van der Waals surface area (Å²) in [6, 6.07) is 2.03. The van der Waals surface area contributed by atoms with Crippen LogP contribution in [0.2, 0.25) is 5.15 Å². The van der Waals surface area contributed by atoms with Gasteiger partial charge in [-0.3, -0.25) is 0 Å². The molecule has 0 amide bonds. The molecule has 52 valence electrons. The molecule has 1 nitrogen and oxygen atoms in total. The lowest BCUT2D eigenvalue weighted by atomic mass is 10.2. The van der Waals surface area contributed by atoms with Crippen molar-refractivity contribution in [1.82, 2.24) is 4.98 Å². The van der Waals surface area contributed by atoms with Gasteiger partial charge in [-0.15, -0.1) is 11.8 Å². The normalized spacial score (nSPS) is 15.3. The van der Waals surface area contributed by atoms with Crippen LogP contribution in [0.4, 0.5) is 0 Å². The number of thioether (sulfide) groups is 1. The number of rotatable bonds is 0. The van der Waals surface area contributed by atoms with Gasteiger partial charge in [-0.1, -0.05) is 11.6 Å². The van der Waals surface area contributed by atoms with Gasteiger partial charge >= 0.3 is 0 Å². The van der Waals surface area contributed by atoms with Crippen LogP contribution in [-0.4, -0.2) is 10.7 Å². The fourth-order valence-corrected chi connectivity index (χ4v) is 2.44. The van der Waals surface area contributed by atoms with Crippen molar-refractivity contribution in [1.29, 1.82) is 0 Å². The number of fused-ring (bicyclic) bond motifs is 1. The Morgan fingerprint density at radius 2 is 2.50 bits per heavy atom. The predicted molar refractivity (Wildman–Crippen MR) is 43.7 cm³/mol. The van der Waals surface area contributed by atoms with Crippen LogP contribution in [0.15, 0.2) is 17.2 Å². The molecule has 2 heterocycles. The van der Waals surface area contributed by atoms with Crippen LogP contribution < -0.4 is 0 Å². The molecule has 0 aromatic carbocycles. The maximum atomic E-state index is 5.85. The molecular formula is C7H6ClNS. The number of hydrogen-bond donors (Lipinski definition) is 0. The van der Waals surface area contributed by atoms with Crippen LogP contribution in [0.5, 0.6) is 0 Å². The molecule has 0 unspecified atom stereocenters. The quantitative estimate of drug-likeness (QED) is 0.556. The highest BCUT2D eigenvalue weighted by atomic mass is 35.5. The smallest absolute Gasteiger partial charge is 0.133 e. The Balaban J connectivity index is 2.59. The summed E-state index contributed by atoms with van der Waals surface area (Å²) in [5.41, 5.74) is 1.23. The van der Waals surface area contributed by atoms with Gasteiger partial charge in [0.2, 0.25) is 0 Å². The van der Waals surface area contributed by atoms with Gasteiger partial charge < -0.3 is 0 Å². The molecule has 1 aliphatic rings. The maximum Gasteiger partial charge on any atom is 0.133 e. The van der Waals surface area contributed by atoms with Crippen LogP contribution in [-0.2, 0) is 6.42 Å². The fourth-order valence-electron chi connectivity index (χ4n) is 1.08. The van der Waals surface area contributed by atoms with E-state index in [9.17, 15) is 0 Å². The van der Waals surface area contributed by atoms with Crippen LogP contribution in [0.25, 0.3) is 0 Å². The van der Waals surface area contributed by atoms with E-state index in [0.717, 1.165) is 12.2 Å². The highest BCUT2D eigenvalue weighted by Gasteiger charge is 2.13. The van der Waals surface area contributed by atoms with Crippen LogP contribution in [0.3, 0.4) is 0 Å². The second-order valence-corrected chi connectivity index (χ2v) is 3.67. The first-order valence-corrected chi connectivity index (χ1v) is 4.50. The van der Waals surface area contributed by atoms with Crippen molar-refractivity contribution in [2.24, 2.45) is 0 Å². The molecule has 1 aliphatic heterocycles. The minimum atomic E-state index is 0.683. The van der Waals surface area contributed by atoms with Gasteiger partial charge in [0.15, 0.2) is 0 Å². The van der Waals surface area contributed by atoms with Crippen molar-refractivity contribution in [3.8, 4) is 0 Å². The lowest BCUT2D eigenvalue weighted by Gasteiger charge is -1.96. The van der Waals surface area contributed by atoms with Gasteiger partial charge in [0.05, 0.1) is 0 Å². The molecule has 1 aromatic heterocycles. The Hall–Kier alpha value is -0.210. The molecule has 3 heteroatoms. The van der Waals surface area contributed by atoms with E-state index in [2.05, 4.69) is 4.98 Å². The highest BCUT2D eigenvalue weighted by Crippen LogP contribution is 2.33.